The van der Waals surface area contributed by atoms with Gasteiger partial charge in [-0.15, -0.1) is 0 Å². The first-order chi connectivity index (χ1) is 13.0. The number of aromatic nitrogens is 1. The van der Waals surface area contributed by atoms with E-state index in [1.165, 1.54) is 11.1 Å². The summed E-state index contributed by atoms with van der Waals surface area (Å²) in [5, 5.41) is 7.04. The number of hydrogen-bond donors (Lipinski definition) is 1. The lowest BCUT2D eigenvalue weighted by Gasteiger charge is -2.07. The largest absolute Gasteiger partial charge is 0.497 e. The standard InChI is InChI=1S/C22H24N2O3/c1-15-7-10-18(13-16(15)2)23-22(25)6-4-5-19-14-21(27-24-19)17-8-11-20(26-3)12-9-17/h7-14H,4-6H2,1-3H3,(H,23,25). The van der Waals surface area contributed by atoms with E-state index in [1.54, 1.807) is 7.11 Å². The van der Waals surface area contributed by atoms with Gasteiger partial charge in [0.25, 0.3) is 0 Å². The normalized spacial score (nSPS) is 10.6. The average Bonchev–Trinajstić information content (AvgIpc) is 3.14. The van der Waals surface area contributed by atoms with Gasteiger partial charge in [0.1, 0.15) is 5.75 Å². The third-order valence-corrected chi connectivity index (χ3v) is 4.56. The number of ether oxygens (including phenoxy) is 1. The molecule has 2 aromatic carbocycles. The highest BCUT2D eigenvalue weighted by Gasteiger charge is 2.09. The molecule has 0 radical (unpaired) electrons. The van der Waals surface area contributed by atoms with E-state index in [0.29, 0.717) is 25.0 Å². The molecule has 0 unspecified atom stereocenters. The molecule has 1 amide bonds. The summed E-state index contributed by atoms with van der Waals surface area (Å²) in [5.41, 5.74) is 5.02. The molecule has 0 saturated heterocycles. The predicted octanol–water partition coefficient (Wildman–Crippen LogP) is 4.93. The lowest BCUT2D eigenvalue weighted by molar-refractivity contribution is -0.116. The van der Waals surface area contributed by atoms with E-state index in [1.807, 2.05) is 55.5 Å². The number of aryl methyl sites for hydroxylation is 3. The van der Waals surface area contributed by atoms with Crippen molar-refractivity contribution < 1.29 is 14.1 Å². The van der Waals surface area contributed by atoms with Gasteiger partial charge in [-0.1, -0.05) is 11.2 Å². The molecule has 1 heterocycles. The zero-order chi connectivity index (χ0) is 19.2. The van der Waals surface area contributed by atoms with Gasteiger partial charge < -0.3 is 14.6 Å². The van der Waals surface area contributed by atoms with Crippen LogP contribution in [0.5, 0.6) is 5.75 Å². The Kier molecular flexibility index (Phi) is 5.91. The predicted molar refractivity (Wildman–Crippen MR) is 106 cm³/mol. The Hall–Kier alpha value is -3.08. The Morgan fingerprint density at radius 3 is 2.56 bits per heavy atom. The van der Waals surface area contributed by atoms with E-state index in [2.05, 4.69) is 17.4 Å². The molecule has 1 aromatic heterocycles. The van der Waals surface area contributed by atoms with Gasteiger partial charge in [-0.25, -0.2) is 0 Å². The molecule has 140 valence electrons. The highest BCUT2D eigenvalue weighted by Crippen LogP contribution is 2.23. The van der Waals surface area contributed by atoms with E-state index in [9.17, 15) is 4.79 Å². The molecule has 27 heavy (non-hydrogen) atoms. The van der Waals surface area contributed by atoms with Crippen LogP contribution < -0.4 is 10.1 Å². The monoisotopic (exact) mass is 364 g/mol. The highest BCUT2D eigenvalue weighted by atomic mass is 16.5. The van der Waals surface area contributed by atoms with Crippen LogP contribution in [0.2, 0.25) is 0 Å². The van der Waals surface area contributed by atoms with Crippen molar-refractivity contribution in [1.29, 1.82) is 0 Å². The van der Waals surface area contributed by atoms with Gasteiger partial charge in [0.2, 0.25) is 5.91 Å². The summed E-state index contributed by atoms with van der Waals surface area (Å²) < 4.78 is 10.6. The van der Waals surface area contributed by atoms with Gasteiger partial charge in [-0.2, -0.15) is 0 Å². The molecular weight excluding hydrogens is 340 g/mol. The van der Waals surface area contributed by atoms with E-state index in [-0.39, 0.29) is 5.91 Å². The molecule has 0 spiro atoms. The fraction of sp³-hybridized carbons (Fsp3) is 0.273. The molecule has 5 nitrogen and oxygen atoms in total. The summed E-state index contributed by atoms with van der Waals surface area (Å²) in [5.74, 6) is 1.53. The molecule has 3 aromatic rings. The second-order valence-corrected chi connectivity index (χ2v) is 6.61. The van der Waals surface area contributed by atoms with Gasteiger partial charge in [0.15, 0.2) is 5.76 Å². The maximum absolute atomic E-state index is 12.1. The number of carbonyl (C=O) groups excluding carboxylic acids is 1. The van der Waals surface area contributed by atoms with Crippen molar-refractivity contribution in [3.8, 4) is 17.1 Å². The van der Waals surface area contributed by atoms with Crippen LogP contribution in [-0.2, 0) is 11.2 Å². The number of carbonyl (C=O) groups is 1. The second kappa shape index (κ2) is 8.54. The Morgan fingerprint density at radius 2 is 1.85 bits per heavy atom. The zero-order valence-corrected chi connectivity index (χ0v) is 15.9. The molecule has 0 fully saturated rings. The Balaban J connectivity index is 1.49. The van der Waals surface area contributed by atoms with E-state index in [4.69, 9.17) is 9.26 Å². The number of nitrogens with zero attached hydrogens (tertiary/aromatic N) is 1. The topological polar surface area (TPSA) is 64.4 Å². The molecule has 0 atom stereocenters. The number of methoxy groups -OCH3 is 1. The number of benzene rings is 2. The van der Waals surface area contributed by atoms with E-state index < -0.39 is 0 Å². The first kappa shape index (κ1) is 18.7. The van der Waals surface area contributed by atoms with Gasteiger partial charge in [0.05, 0.1) is 12.8 Å². The summed E-state index contributed by atoms with van der Waals surface area (Å²) in [4.78, 5) is 12.1. The van der Waals surface area contributed by atoms with Crippen molar-refractivity contribution in [3.63, 3.8) is 0 Å². The van der Waals surface area contributed by atoms with Crippen molar-refractivity contribution in [2.45, 2.75) is 33.1 Å². The maximum atomic E-state index is 12.1. The van der Waals surface area contributed by atoms with Crippen LogP contribution in [0.25, 0.3) is 11.3 Å². The minimum absolute atomic E-state index is 0.0112. The Morgan fingerprint density at radius 1 is 1.07 bits per heavy atom. The number of rotatable bonds is 7. The molecular formula is C22H24N2O3. The summed E-state index contributed by atoms with van der Waals surface area (Å²) in [6.07, 6.45) is 1.85. The lowest BCUT2D eigenvalue weighted by Crippen LogP contribution is -2.11. The highest BCUT2D eigenvalue weighted by molar-refractivity contribution is 5.90. The van der Waals surface area contributed by atoms with Gasteiger partial charge in [0, 0.05) is 23.7 Å². The van der Waals surface area contributed by atoms with Crippen LogP contribution in [0, 0.1) is 13.8 Å². The molecule has 0 bridgehead atoms. The molecule has 0 aliphatic carbocycles. The van der Waals surface area contributed by atoms with Crippen molar-refractivity contribution in [3.05, 3.63) is 65.4 Å². The number of nitrogens with one attached hydrogen (secondary N) is 1. The second-order valence-electron chi connectivity index (χ2n) is 6.61. The SMILES string of the molecule is COc1ccc(-c2cc(CCCC(=O)Nc3ccc(C)c(C)c3)no2)cc1. The fourth-order valence-corrected chi connectivity index (χ4v) is 2.79. The van der Waals surface area contributed by atoms with Crippen molar-refractivity contribution in [1.82, 2.24) is 5.16 Å². The third-order valence-electron chi connectivity index (χ3n) is 4.56. The van der Waals surface area contributed by atoms with Gasteiger partial charge in [-0.05, 0) is 74.2 Å². The van der Waals surface area contributed by atoms with Crippen LogP contribution in [0.15, 0.2) is 53.1 Å². The lowest BCUT2D eigenvalue weighted by atomic mass is 10.1. The third kappa shape index (κ3) is 4.97. The summed E-state index contributed by atoms with van der Waals surface area (Å²) in [7, 11) is 1.64. The van der Waals surface area contributed by atoms with Crippen LogP contribution in [0.4, 0.5) is 5.69 Å². The summed E-state index contributed by atoms with van der Waals surface area (Å²) in [6.45, 7) is 4.09. The molecule has 3 rings (SSSR count). The van der Waals surface area contributed by atoms with E-state index in [0.717, 1.165) is 22.7 Å². The fourth-order valence-electron chi connectivity index (χ4n) is 2.79. The minimum atomic E-state index is 0.0112. The molecule has 0 aliphatic rings. The van der Waals surface area contributed by atoms with Crippen LogP contribution >= 0.6 is 0 Å². The van der Waals surface area contributed by atoms with Gasteiger partial charge in [-0.3, -0.25) is 4.79 Å². The van der Waals surface area contributed by atoms with Crippen LogP contribution in [0.3, 0.4) is 0 Å². The minimum Gasteiger partial charge on any atom is -0.497 e. The number of anilines is 1. The summed E-state index contributed by atoms with van der Waals surface area (Å²) >= 11 is 0. The van der Waals surface area contributed by atoms with Crippen molar-refractivity contribution in [2.24, 2.45) is 0 Å². The number of hydrogen-bond acceptors (Lipinski definition) is 4. The zero-order valence-electron chi connectivity index (χ0n) is 15.9. The first-order valence-electron chi connectivity index (χ1n) is 9.02. The van der Waals surface area contributed by atoms with Crippen molar-refractivity contribution in [2.75, 3.05) is 12.4 Å². The van der Waals surface area contributed by atoms with Crippen LogP contribution in [-0.4, -0.2) is 18.2 Å². The maximum Gasteiger partial charge on any atom is 0.224 e. The Labute approximate surface area is 159 Å². The first-order valence-corrected chi connectivity index (χ1v) is 9.02. The molecule has 0 aliphatic heterocycles. The Bertz CT molecular complexity index is 914. The van der Waals surface area contributed by atoms with E-state index >= 15 is 0 Å². The molecule has 5 heteroatoms. The summed E-state index contributed by atoms with van der Waals surface area (Å²) in [6, 6.07) is 15.5. The van der Waals surface area contributed by atoms with Gasteiger partial charge >= 0.3 is 0 Å². The molecule has 0 saturated carbocycles. The van der Waals surface area contributed by atoms with Crippen LogP contribution in [0.1, 0.15) is 29.7 Å². The average molecular weight is 364 g/mol. The molecule has 1 N–H and O–H groups in total. The number of amides is 1. The smallest absolute Gasteiger partial charge is 0.224 e. The quantitative estimate of drug-likeness (QED) is 0.646. The van der Waals surface area contributed by atoms with Crippen molar-refractivity contribution >= 4 is 11.6 Å².